The van der Waals surface area contributed by atoms with E-state index in [0.717, 1.165) is 67.6 Å². The molecular weight excluding hydrogens is 526 g/mol. The lowest BCUT2D eigenvalue weighted by molar-refractivity contribution is -0.178. The molecule has 0 amide bonds. The summed E-state index contributed by atoms with van der Waals surface area (Å²) >= 11 is 0. The molecule has 4 atom stereocenters. The Kier molecular flexibility index (Phi) is 7.35. The zero-order valence-corrected chi connectivity index (χ0v) is 24.4. The lowest BCUT2D eigenvalue weighted by Crippen LogP contribution is -2.49. The molecule has 3 heterocycles. The molecule has 41 heavy (non-hydrogen) atoms. The van der Waals surface area contributed by atoms with Crippen LogP contribution in [0.2, 0.25) is 0 Å². The number of hydrogen-bond donors (Lipinski definition) is 2. The van der Waals surface area contributed by atoms with Crippen molar-refractivity contribution < 1.29 is 38.7 Å². The molecule has 0 radical (unpaired) electrons. The van der Waals surface area contributed by atoms with Gasteiger partial charge in [0, 0.05) is 12.5 Å². The van der Waals surface area contributed by atoms with E-state index in [1.165, 1.54) is 0 Å². The smallest absolute Gasteiger partial charge is 0.339 e. The fourth-order valence-corrected chi connectivity index (χ4v) is 7.29. The SMILES string of the molecule is CC1=CC23CCCN2CCc2cc4c(cc2[C@@H]3C1OC(=O)[C@@](O)(CCCC(C)(C)O)CC(=O)OCC1CC1)OCO4. The molecule has 1 saturated carbocycles. The molecule has 1 saturated heterocycles. The van der Waals surface area contributed by atoms with Crippen molar-refractivity contribution in [2.45, 2.75) is 107 Å². The summed E-state index contributed by atoms with van der Waals surface area (Å²) in [5, 5.41) is 21.9. The van der Waals surface area contributed by atoms with E-state index in [4.69, 9.17) is 18.9 Å². The molecule has 9 heteroatoms. The molecule has 2 fully saturated rings. The van der Waals surface area contributed by atoms with Crippen LogP contribution in [0.15, 0.2) is 23.8 Å². The lowest BCUT2D eigenvalue weighted by Gasteiger charge is -2.40. The van der Waals surface area contributed by atoms with Gasteiger partial charge in [-0.2, -0.15) is 0 Å². The van der Waals surface area contributed by atoms with Gasteiger partial charge in [-0.15, -0.1) is 0 Å². The van der Waals surface area contributed by atoms with Crippen molar-refractivity contribution in [3.05, 3.63) is 34.9 Å². The maximum Gasteiger partial charge on any atom is 0.339 e. The average molecular weight is 570 g/mol. The van der Waals surface area contributed by atoms with Crippen LogP contribution >= 0.6 is 0 Å². The molecular formula is C32H43NO8. The third-order valence-corrected chi connectivity index (χ3v) is 9.59. The first kappa shape index (κ1) is 28.5. The van der Waals surface area contributed by atoms with Crippen molar-refractivity contribution in [2.24, 2.45) is 5.92 Å². The summed E-state index contributed by atoms with van der Waals surface area (Å²) in [5.74, 6) is 0.204. The summed E-state index contributed by atoms with van der Waals surface area (Å²) in [4.78, 5) is 29.2. The van der Waals surface area contributed by atoms with Crippen LogP contribution in [0.1, 0.15) is 89.2 Å². The molecule has 5 aliphatic rings. The number of benzene rings is 1. The molecule has 9 nitrogen and oxygen atoms in total. The van der Waals surface area contributed by atoms with Gasteiger partial charge in [0.25, 0.3) is 0 Å². The number of carbonyl (C=O) groups is 2. The molecule has 6 rings (SSSR count). The van der Waals surface area contributed by atoms with Gasteiger partial charge in [0.2, 0.25) is 6.79 Å². The van der Waals surface area contributed by atoms with Gasteiger partial charge in [-0.05, 0) is 113 Å². The van der Waals surface area contributed by atoms with E-state index < -0.39 is 35.7 Å². The third kappa shape index (κ3) is 5.60. The number of ether oxygens (including phenoxy) is 4. The minimum absolute atomic E-state index is 0.0129. The Labute approximate surface area is 241 Å². The second kappa shape index (κ2) is 10.6. The molecule has 0 aromatic heterocycles. The number of rotatable bonds is 10. The van der Waals surface area contributed by atoms with E-state index in [-0.39, 0.29) is 24.7 Å². The van der Waals surface area contributed by atoms with E-state index in [9.17, 15) is 19.8 Å². The Hall–Kier alpha value is -2.62. The van der Waals surface area contributed by atoms with Crippen LogP contribution in [-0.2, 0) is 25.5 Å². The van der Waals surface area contributed by atoms with Crippen LogP contribution < -0.4 is 9.47 Å². The first-order chi connectivity index (χ1) is 19.5. The molecule has 1 aromatic carbocycles. The standard InChI is InChI=1S/C32H43NO8/c1-20-16-31-10-5-12-33(31)13-8-22-14-24-25(40-19-39-24)15-23(22)27(31)28(20)41-29(35)32(37,11-4-9-30(2,3)36)17-26(34)38-18-21-6-7-21/h14-16,21,27-28,36-37H,4-13,17-19H2,1-3H3/t27-,28?,31?,32-/m1/s1. The summed E-state index contributed by atoms with van der Waals surface area (Å²) in [6, 6.07) is 4.10. The Bertz CT molecular complexity index is 1230. The van der Waals surface area contributed by atoms with Gasteiger partial charge in [0.05, 0.1) is 24.2 Å². The predicted octanol–water partition coefficient (Wildman–Crippen LogP) is 3.78. The number of hydrogen-bond acceptors (Lipinski definition) is 9. The van der Waals surface area contributed by atoms with Crippen LogP contribution in [-0.4, -0.2) is 76.4 Å². The molecule has 2 aliphatic carbocycles. The van der Waals surface area contributed by atoms with E-state index in [1.54, 1.807) is 13.8 Å². The number of fused-ring (bicyclic) bond motifs is 3. The quantitative estimate of drug-likeness (QED) is 0.321. The monoisotopic (exact) mass is 569 g/mol. The summed E-state index contributed by atoms with van der Waals surface area (Å²) < 4.78 is 23.1. The Balaban J connectivity index is 1.29. The third-order valence-electron chi connectivity index (χ3n) is 9.59. The highest BCUT2D eigenvalue weighted by Crippen LogP contribution is 2.55. The van der Waals surface area contributed by atoms with Gasteiger partial charge < -0.3 is 29.2 Å². The van der Waals surface area contributed by atoms with Crippen molar-refractivity contribution in [1.82, 2.24) is 4.90 Å². The molecule has 3 aliphatic heterocycles. The van der Waals surface area contributed by atoms with Gasteiger partial charge in [-0.3, -0.25) is 9.69 Å². The summed E-state index contributed by atoms with van der Waals surface area (Å²) in [6.45, 7) is 7.71. The zero-order chi connectivity index (χ0) is 29.0. The maximum atomic E-state index is 13.9. The van der Waals surface area contributed by atoms with Crippen LogP contribution in [0.4, 0.5) is 0 Å². The summed E-state index contributed by atoms with van der Waals surface area (Å²) in [7, 11) is 0. The van der Waals surface area contributed by atoms with E-state index in [1.807, 2.05) is 13.0 Å². The fourth-order valence-electron chi connectivity index (χ4n) is 7.29. The highest BCUT2D eigenvalue weighted by atomic mass is 16.7. The Morgan fingerprint density at radius 2 is 1.88 bits per heavy atom. The predicted molar refractivity (Wildman–Crippen MR) is 150 cm³/mol. The first-order valence-electron chi connectivity index (χ1n) is 15.2. The van der Waals surface area contributed by atoms with E-state index >= 15 is 0 Å². The molecule has 1 aromatic rings. The molecule has 1 spiro atoms. The van der Waals surface area contributed by atoms with Crippen molar-refractivity contribution in [2.75, 3.05) is 26.5 Å². The normalized spacial score (nSPS) is 28.2. The fraction of sp³-hybridized carbons (Fsp3) is 0.688. The lowest BCUT2D eigenvalue weighted by atomic mass is 9.77. The minimum atomic E-state index is -2.06. The van der Waals surface area contributed by atoms with Crippen LogP contribution in [0, 0.1) is 5.92 Å². The number of nitrogens with zero attached hydrogens (tertiary/aromatic N) is 1. The first-order valence-corrected chi connectivity index (χ1v) is 15.2. The van der Waals surface area contributed by atoms with Gasteiger partial charge in [0.1, 0.15) is 6.10 Å². The molecule has 0 bridgehead atoms. The van der Waals surface area contributed by atoms with Crippen LogP contribution in [0.5, 0.6) is 11.5 Å². The number of esters is 2. The highest BCUT2D eigenvalue weighted by molar-refractivity contribution is 5.86. The van der Waals surface area contributed by atoms with Crippen molar-refractivity contribution in [3.8, 4) is 11.5 Å². The van der Waals surface area contributed by atoms with Crippen LogP contribution in [0.25, 0.3) is 0 Å². The van der Waals surface area contributed by atoms with Crippen molar-refractivity contribution in [1.29, 1.82) is 0 Å². The molecule has 2 unspecified atom stereocenters. The number of aliphatic hydroxyl groups is 2. The topological polar surface area (TPSA) is 115 Å². The van der Waals surface area contributed by atoms with E-state index in [2.05, 4.69) is 17.0 Å². The minimum Gasteiger partial charge on any atom is -0.465 e. The Morgan fingerprint density at radius 1 is 1.12 bits per heavy atom. The second-order valence-corrected chi connectivity index (χ2v) is 13.4. The van der Waals surface area contributed by atoms with Crippen molar-refractivity contribution in [3.63, 3.8) is 0 Å². The molecule has 2 N–H and O–H groups in total. The summed E-state index contributed by atoms with van der Waals surface area (Å²) in [6.07, 6.45) is 6.78. The van der Waals surface area contributed by atoms with E-state index in [0.29, 0.717) is 31.1 Å². The van der Waals surface area contributed by atoms with Crippen molar-refractivity contribution >= 4 is 11.9 Å². The van der Waals surface area contributed by atoms with Gasteiger partial charge >= 0.3 is 11.9 Å². The second-order valence-electron chi connectivity index (χ2n) is 13.4. The Morgan fingerprint density at radius 3 is 2.61 bits per heavy atom. The largest absolute Gasteiger partial charge is 0.465 e. The zero-order valence-electron chi connectivity index (χ0n) is 24.4. The maximum absolute atomic E-state index is 13.9. The van der Waals surface area contributed by atoms with Gasteiger partial charge in [-0.25, -0.2) is 4.79 Å². The van der Waals surface area contributed by atoms with Crippen LogP contribution in [0.3, 0.4) is 0 Å². The summed E-state index contributed by atoms with van der Waals surface area (Å²) in [5.41, 5.74) is -0.136. The van der Waals surface area contributed by atoms with Gasteiger partial charge in [-0.1, -0.05) is 6.08 Å². The average Bonchev–Trinajstić information content (AvgIpc) is 3.41. The number of carbonyl (C=O) groups excluding carboxylic acids is 2. The highest BCUT2D eigenvalue weighted by Gasteiger charge is 2.57. The molecule has 224 valence electrons. The van der Waals surface area contributed by atoms with Gasteiger partial charge in [0.15, 0.2) is 17.1 Å².